The highest BCUT2D eigenvalue weighted by atomic mass is 32.1. The number of aromatic nitrogens is 3. The third-order valence-corrected chi connectivity index (χ3v) is 3.61. The molecule has 0 fully saturated rings. The predicted molar refractivity (Wildman–Crippen MR) is 76.5 cm³/mol. The number of thiazole rings is 1. The van der Waals surface area contributed by atoms with E-state index >= 15 is 0 Å². The number of hydrogen-bond donors (Lipinski definition) is 1. The normalized spacial score (nSPS) is 11.0. The van der Waals surface area contributed by atoms with Crippen LogP contribution in [0, 0.1) is 0 Å². The second kappa shape index (κ2) is 4.89. The number of rotatable bonds is 4. The van der Waals surface area contributed by atoms with E-state index < -0.39 is 0 Å². The molecular weight excluding hydrogens is 260 g/mol. The van der Waals surface area contributed by atoms with Crippen LogP contribution < -0.4 is 10.5 Å². The van der Waals surface area contributed by atoms with Crippen molar-refractivity contribution in [3.8, 4) is 17.0 Å². The first-order valence-electron chi connectivity index (χ1n) is 6.11. The minimum atomic E-state index is 0.414. The Hall–Kier alpha value is -2.08. The van der Waals surface area contributed by atoms with Crippen molar-refractivity contribution in [1.29, 1.82) is 0 Å². The first kappa shape index (κ1) is 12.0. The van der Waals surface area contributed by atoms with Gasteiger partial charge in [-0.1, -0.05) is 6.92 Å². The average Bonchev–Trinajstić information content (AvgIpc) is 3.01. The number of nitrogens with two attached hydrogens (primary N) is 1. The van der Waals surface area contributed by atoms with Gasteiger partial charge in [0.25, 0.3) is 0 Å². The molecule has 6 heteroatoms. The van der Waals surface area contributed by atoms with E-state index in [9.17, 15) is 0 Å². The van der Waals surface area contributed by atoms with Crippen LogP contribution >= 0.6 is 11.3 Å². The molecule has 2 N–H and O–H groups in total. The fourth-order valence-corrected chi connectivity index (χ4v) is 2.73. The van der Waals surface area contributed by atoms with Gasteiger partial charge in [0.05, 0.1) is 12.3 Å². The Labute approximate surface area is 114 Å². The third kappa shape index (κ3) is 2.15. The molecule has 3 rings (SSSR count). The Kier molecular flexibility index (Phi) is 3.08. The molecule has 0 bridgehead atoms. The number of fused-ring (bicyclic) bond motifs is 1. The molecule has 1 aromatic carbocycles. The Morgan fingerprint density at radius 2 is 2.05 bits per heavy atom. The van der Waals surface area contributed by atoms with Crippen LogP contribution in [0.25, 0.3) is 16.2 Å². The molecule has 0 aliphatic carbocycles. The van der Waals surface area contributed by atoms with Gasteiger partial charge in [0.15, 0.2) is 0 Å². The molecule has 0 saturated heterocycles. The molecular formula is C13H14N4OS. The van der Waals surface area contributed by atoms with Gasteiger partial charge in [-0.15, -0.1) is 21.5 Å². The molecule has 0 spiro atoms. The summed E-state index contributed by atoms with van der Waals surface area (Å²) in [6.45, 7) is 2.83. The molecule has 0 atom stereocenters. The van der Waals surface area contributed by atoms with Gasteiger partial charge in [-0.2, -0.15) is 0 Å². The average molecular weight is 274 g/mol. The van der Waals surface area contributed by atoms with Crippen molar-refractivity contribution in [3.05, 3.63) is 29.6 Å². The van der Waals surface area contributed by atoms with E-state index in [-0.39, 0.29) is 0 Å². The van der Waals surface area contributed by atoms with Gasteiger partial charge in [-0.25, -0.2) is 0 Å². The standard InChI is InChI=1S/C13H14N4OS/c1-2-7-18-10-5-3-9(4-6-10)11-8-19-13-16-15-12(14)17(11)13/h3-6,8H,2,7H2,1H3,(H2,14,15). The summed E-state index contributed by atoms with van der Waals surface area (Å²) in [5.41, 5.74) is 7.90. The quantitative estimate of drug-likeness (QED) is 0.794. The summed E-state index contributed by atoms with van der Waals surface area (Å²) < 4.78 is 7.42. The molecule has 19 heavy (non-hydrogen) atoms. The van der Waals surface area contributed by atoms with Gasteiger partial charge >= 0.3 is 0 Å². The zero-order valence-electron chi connectivity index (χ0n) is 10.5. The molecule has 98 valence electrons. The van der Waals surface area contributed by atoms with Crippen LogP contribution in [0.2, 0.25) is 0 Å². The smallest absolute Gasteiger partial charge is 0.227 e. The van der Waals surface area contributed by atoms with Gasteiger partial charge in [-0.05, 0) is 36.2 Å². The Morgan fingerprint density at radius 1 is 1.26 bits per heavy atom. The third-order valence-electron chi connectivity index (χ3n) is 2.80. The highest BCUT2D eigenvalue weighted by Gasteiger charge is 2.11. The van der Waals surface area contributed by atoms with Crippen molar-refractivity contribution >= 4 is 22.2 Å². The van der Waals surface area contributed by atoms with E-state index in [1.54, 1.807) is 0 Å². The molecule has 3 aromatic rings. The summed E-state index contributed by atoms with van der Waals surface area (Å²) in [5.74, 6) is 1.30. The van der Waals surface area contributed by atoms with Crippen molar-refractivity contribution in [3.63, 3.8) is 0 Å². The molecule has 5 nitrogen and oxygen atoms in total. The van der Waals surface area contributed by atoms with E-state index in [1.165, 1.54) is 11.3 Å². The van der Waals surface area contributed by atoms with Crippen molar-refractivity contribution in [2.75, 3.05) is 12.3 Å². The first-order valence-corrected chi connectivity index (χ1v) is 6.99. The summed E-state index contributed by atoms with van der Waals surface area (Å²) in [5, 5.41) is 9.91. The number of hydrogen-bond acceptors (Lipinski definition) is 5. The van der Waals surface area contributed by atoms with Crippen molar-refractivity contribution < 1.29 is 4.74 Å². The van der Waals surface area contributed by atoms with Crippen molar-refractivity contribution in [2.45, 2.75) is 13.3 Å². The van der Waals surface area contributed by atoms with Gasteiger partial charge < -0.3 is 10.5 Å². The summed E-state index contributed by atoms with van der Waals surface area (Å²) in [6, 6.07) is 7.97. The number of nitrogens with zero attached hydrogens (tertiary/aromatic N) is 3. The van der Waals surface area contributed by atoms with Crippen LogP contribution in [-0.4, -0.2) is 21.2 Å². The van der Waals surface area contributed by atoms with Gasteiger partial charge in [0.2, 0.25) is 10.9 Å². The molecule has 0 unspecified atom stereocenters. The lowest BCUT2D eigenvalue weighted by molar-refractivity contribution is 0.317. The zero-order valence-corrected chi connectivity index (χ0v) is 11.4. The number of benzene rings is 1. The lowest BCUT2D eigenvalue weighted by Gasteiger charge is -2.05. The van der Waals surface area contributed by atoms with Crippen molar-refractivity contribution in [1.82, 2.24) is 14.6 Å². The Morgan fingerprint density at radius 3 is 2.79 bits per heavy atom. The van der Waals surface area contributed by atoms with E-state index in [4.69, 9.17) is 10.5 Å². The fourth-order valence-electron chi connectivity index (χ4n) is 1.88. The van der Waals surface area contributed by atoms with Crippen LogP contribution in [0.1, 0.15) is 13.3 Å². The number of anilines is 1. The van der Waals surface area contributed by atoms with Gasteiger partial charge in [-0.3, -0.25) is 4.40 Å². The largest absolute Gasteiger partial charge is 0.494 e. The lowest BCUT2D eigenvalue weighted by Crippen LogP contribution is -1.96. The summed E-state index contributed by atoms with van der Waals surface area (Å²) >= 11 is 1.53. The maximum absolute atomic E-state index is 5.83. The highest BCUT2D eigenvalue weighted by Crippen LogP contribution is 2.28. The monoisotopic (exact) mass is 274 g/mol. The molecule has 0 amide bonds. The Bertz CT molecular complexity index is 686. The van der Waals surface area contributed by atoms with Gasteiger partial charge in [0, 0.05) is 5.38 Å². The van der Waals surface area contributed by atoms with E-state index in [0.717, 1.165) is 35.0 Å². The number of nitrogen functional groups attached to an aromatic ring is 1. The maximum atomic E-state index is 5.83. The van der Waals surface area contributed by atoms with E-state index in [1.807, 2.05) is 34.0 Å². The highest BCUT2D eigenvalue weighted by molar-refractivity contribution is 7.15. The molecule has 2 aromatic heterocycles. The van der Waals surface area contributed by atoms with Crippen LogP contribution in [0.3, 0.4) is 0 Å². The second-order valence-corrected chi connectivity index (χ2v) is 5.01. The molecule has 0 radical (unpaired) electrons. The Balaban J connectivity index is 1.95. The molecule has 0 saturated carbocycles. The maximum Gasteiger partial charge on any atom is 0.227 e. The second-order valence-electron chi connectivity index (χ2n) is 4.17. The first-order chi connectivity index (χ1) is 9.29. The lowest BCUT2D eigenvalue weighted by atomic mass is 10.1. The van der Waals surface area contributed by atoms with Crippen LogP contribution in [-0.2, 0) is 0 Å². The van der Waals surface area contributed by atoms with Crippen molar-refractivity contribution in [2.24, 2.45) is 0 Å². The number of ether oxygens (including phenoxy) is 1. The molecule has 2 heterocycles. The van der Waals surface area contributed by atoms with Gasteiger partial charge in [0.1, 0.15) is 5.75 Å². The van der Waals surface area contributed by atoms with E-state index in [2.05, 4.69) is 17.1 Å². The molecule has 0 aliphatic rings. The van der Waals surface area contributed by atoms with Crippen LogP contribution in [0.4, 0.5) is 5.95 Å². The fraction of sp³-hybridized carbons (Fsp3) is 0.231. The predicted octanol–water partition coefficient (Wildman–Crippen LogP) is 2.83. The topological polar surface area (TPSA) is 65.4 Å². The van der Waals surface area contributed by atoms with Crippen LogP contribution in [0.5, 0.6) is 5.75 Å². The van der Waals surface area contributed by atoms with Crippen LogP contribution in [0.15, 0.2) is 29.6 Å². The summed E-state index contributed by atoms with van der Waals surface area (Å²) in [7, 11) is 0. The minimum Gasteiger partial charge on any atom is -0.494 e. The molecule has 0 aliphatic heterocycles. The SMILES string of the molecule is CCCOc1ccc(-c2csc3nnc(N)n23)cc1. The zero-order chi connectivity index (χ0) is 13.2. The van der Waals surface area contributed by atoms with E-state index in [0.29, 0.717) is 5.95 Å². The minimum absolute atomic E-state index is 0.414. The summed E-state index contributed by atoms with van der Waals surface area (Å²) in [6.07, 6.45) is 1.00. The summed E-state index contributed by atoms with van der Waals surface area (Å²) in [4.78, 5) is 0.804.